The maximum Gasteiger partial charge on any atom is 0.316 e. The number of hydrogen-bond acceptors (Lipinski definition) is 7. The van der Waals surface area contributed by atoms with Crippen LogP contribution in [0.25, 0.3) is 16.8 Å². The van der Waals surface area contributed by atoms with Gasteiger partial charge >= 0.3 is 5.56 Å². The Labute approximate surface area is 256 Å². The number of rotatable bonds is 9. The minimum atomic E-state index is -3.60. The maximum absolute atomic E-state index is 13.7. The summed E-state index contributed by atoms with van der Waals surface area (Å²) in [6.07, 6.45) is 3.72. The first kappa shape index (κ1) is 29.2. The number of hydrogen-bond donors (Lipinski definition) is 1. The van der Waals surface area contributed by atoms with Crippen LogP contribution in [0.1, 0.15) is 25.3 Å². The molecule has 0 bridgehead atoms. The first-order valence-corrected chi connectivity index (χ1v) is 16.3. The fraction of sp³-hybridized carbons (Fsp3) is 0.312. The van der Waals surface area contributed by atoms with Crippen LogP contribution in [0.5, 0.6) is 5.75 Å². The Kier molecular flexibility index (Phi) is 7.93. The van der Waals surface area contributed by atoms with E-state index in [4.69, 9.17) is 22.1 Å². The van der Waals surface area contributed by atoms with Gasteiger partial charge in [-0.1, -0.05) is 61.0 Å². The largest absolute Gasteiger partial charge is 0.486 e. The third-order valence-electron chi connectivity index (χ3n) is 8.16. The number of nitrogens with zero attached hydrogens (tertiary/aromatic N) is 4. The van der Waals surface area contributed by atoms with Crippen molar-refractivity contribution in [1.82, 2.24) is 14.1 Å². The molecule has 1 aromatic heterocycles. The van der Waals surface area contributed by atoms with Gasteiger partial charge in [-0.2, -0.15) is 14.1 Å². The van der Waals surface area contributed by atoms with Crippen molar-refractivity contribution in [3.05, 3.63) is 99.9 Å². The Bertz CT molecular complexity index is 1800. The number of nitrogen functional groups attached to an aromatic ring is 1. The van der Waals surface area contributed by atoms with Gasteiger partial charge in [-0.25, -0.2) is 8.42 Å². The summed E-state index contributed by atoms with van der Waals surface area (Å²) in [6, 6.07) is 22.0. The highest BCUT2D eigenvalue weighted by Crippen LogP contribution is 2.45. The smallest absolute Gasteiger partial charge is 0.316 e. The van der Waals surface area contributed by atoms with E-state index in [0.717, 1.165) is 24.0 Å². The Morgan fingerprint density at radius 1 is 0.977 bits per heavy atom. The molecule has 0 atom stereocenters. The molecule has 2 heterocycles. The highest BCUT2D eigenvalue weighted by Gasteiger charge is 2.39. The number of piperazine rings is 1. The van der Waals surface area contributed by atoms with Crippen LogP contribution in [-0.2, 0) is 15.8 Å². The van der Waals surface area contributed by atoms with Crippen LogP contribution in [0.4, 0.5) is 11.4 Å². The number of sulfonamides is 1. The van der Waals surface area contributed by atoms with Crippen LogP contribution >= 0.6 is 11.6 Å². The van der Waals surface area contributed by atoms with E-state index in [1.54, 1.807) is 42.6 Å². The van der Waals surface area contributed by atoms with Crippen molar-refractivity contribution in [2.24, 2.45) is 5.41 Å². The minimum absolute atomic E-state index is 0.0587. The quantitative estimate of drug-likeness (QED) is 0.264. The molecule has 4 aromatic rings. The van der Waals surface area contributed by atoms with Gasteiger partial charge in [0.1, 0.15) is 5.69 Å². The fourth-order valence-electron chi connectivity index (χ4n) is 5.26. The molecule has 11 heteroatoms. The van der Waals surface area contributed by atoms with E-state index in [1.807, 2.05) is 41.3 Å². The summed E-state index contributed by atoms with van der Waals surface area (Å²) in [7, 11) is -3.60. The highest BCUT2D eigenvalue weighted by molar-refractivity contribution is 7.88. The van der Waals surface area contributed by atoms with E-state index < -0.39 is 10.0 Å². The van der Waals surface area contributed by atoms with Crippen LogP contribution in [0, 0.1) is 5.41 Å². The van der Waals surface area contributed by atoms with Crippen molar-refractivity contribution in [3.63, 3.8) is 0 Å². The zero-order chi connectivity index (χ0) is 30.2. The van der Waals surface area contributed by atoms with Crippen LogP contribution in [0.2, 0.25) is 5.02 Å². The molecule has 0 spiro atoms. The first-order chi connectivity index (χ1) is 20.6. The van der Waals surface area contributed by atoms with Crippen molar-refractivity contribution in [3.8, 4) is 22.6 Å². The molecule has 0 radical (unpaired) electrons. The molecule has 0 amide bonds. The molecule has 3 aromatic carbocycles. The summed E-state index contributed by atoms with van der Waals surface area (Å²) in [5.41, 5.74) is 10.0. The van der Waals surface area contributed by atoms with Gasteiger partial charge in [0, 0.05) is 47.9 Å². The molecule has 1 aliphatic carbocycles. The van der Waals surface area contributed by atoms with Crippen LogP contribution in [0.3, 0.4) is 0 Å². The molecule has 1 saturated heterocycles. The number of ether oxygens (including phenoxy) is 1. The normalized spacial score (nSPS) is 16.7. The Morgan fingerprint density at radius 3 is 2.42 bits per heavy atom. The summed E-state index contributed by atoms with van der Waals surface area (Å²) in [4.78, 5) is 15.6. The molecule has 43 heavy (non-hydrogen) atoms. The zero-order valence-electron chi connectivity index (χ0n) is 23.9. The van der Waals surface area contributed by atoms with Crippen molar-refractivity contribution in [1.29, 1.82) is 0 Å². The lowest BCUT2D eigenvalue weighted by molar-refractivity contribution is 0.242. The molecular weight excluding hydrogens is 586 g/mol. The summed E-state index contributed by atoms with van der Waals surface area (Å²) < 4.78 is 35.9. The summed E-state index contributed by atoms with van der Waals surface area (Å²) in [5.74, 6) is 0.0897. The number of halogens is 1. The average Bonchev–Trinajstić information content (AvgIpc) is 3.74. The second-order valence-electron chi connectivity index (χ2n) is 11.6. The topological polar surface area (TPSA) is 111 Å². The van der Waals surface area contributed by atoms with E-state index in [9.17, 15) is 13.2 Å². The molecule has 1 saturated carbocycles. The molecule has 2 N–H and O–H groups in total. The minimum Gasteiger partial charge on any atom is -0.486 e. The predicted octanol–water partition coefficient (Wildman–Crippen LogP) is 4.97. The van der Waals surface area contributed by atoms with Gasteiger partial charge in [-0.3, -0.25) is 4.79 Å². The van der Waals surface area contributed by atoms with Gasteiger partial charge in [0.15, 0.2) is 0 Å². The van der Waals surface area contributed by atoms with Gasteiger partial charge in [0.05, 0.1) is 24.2 Å². The Hall–Kier alpha value is -3.86. The SMILES string of the molecule is CC1(COc2c(N3CCN(S(=O)(=O)Cc4ccc(N)c(-c5ccccc5)c4)CC3)cnn(-c3cccc(Cl)c3)c2=O)CC1. The number of nitrogens with two attached hydrogens (primary N) is 1. The third-order valence-corrected chi connectivity index (χ3v) is 10.2. The predicted molar refractivity (Wildman–Crippen MR) is 170 cm³/mol. The van der Waals surface area contributed by atoms with E-state index in [0.29, 0.717) is 47.3 Å². The van der Waals surface area contributed by atoms with Crippen LogP contribution in [-0.4, -0.2) is 55.3 Å². The van der Waals surface area contributed by atoms with Crippen molar-refractivity contribution in [2.75, 3.05) is 43.4 Å². The highest BCUT2D eigenvalue weighted by atomic mass is 35.5. The molecule has 2 fully saturated rings. The Balaban J connectivity index is 1.20. The average molecular weight is 620 g/mol. The first-order valence-electron chi connectivity index (χ1n) is 14.3. The Morgan fingerprint density at radius 2 is 1.72 bits per heavy atom. The standard InChI is InChI=1S/C32H34ClN5O4S/c1-32(12-13-32)22-42-30-29(20-35-38(31(30)39)26-9-5-8-25(33)19-26)36-14-16-37(17-15-36)43(40,41)21-23-10-11-28(34)27(18-23)24-6-3-2-4-7-24/h2-11,18-20H,12-17,21-22,34H2,1H3. The van der Waals surface area contributed by atoms with Crippen LogP contribution in [0.15, 0.2) is 83.8 Å². The second-order valence-corrected chi connectivity index (χ2v) is 14.0. The third kappa shape index (κ3) is 6.41. The monoisotopic (exact) mass is 619 g/mol. The van der Waals surface area contributed by atoms with Gasteiger partial charge < -0.3 is 15.4 Å². The second kappa shape index (κ2) is 11.7. The van der Waals surface area contributed by atoms with E-state index >= 15 is 0 Å². The molecular formula is C32H34ClN5O4S. The molecule has 9 nitrogen and oxygen atoms in total. The molecule has 2 aliphatic rings. The molecule has 6 rings (SSSR count). The lowest BCUT2D eigenvalue weighted by atomic mass is 10.0. The maximum atomic E-state index is 13.7. The molecule has 1 aliphatic heterocycles. The lowest BCUT2D eigenvalue weighted by Gasteiger charge is -2.35. The van der Waals surface area contributed by atoms with Gasteiger partial charge in [-0.15, -0.1) is 0 Å². The van der Waals surface area contributed by atoms with Crippen molar-refractivity contribution in [2.45, 2.75) is 25.5 Å². The molecule has 0 unspecified atom stereocenters. The summed E-state index contributed by atoms with van der Waals surface area (Å²) in [5, 5.41) is 4.93. The van der Waals surface area contributed by atoms with E-state index in [-0.39, 0.29) is 35.6 Å². The number of benzene rings is 3. The fourth-order valence-corrected chi connectivity index (χ4v) is 6.94. The molecule has 224 valence electrons. The van der Waals surface area contributed by atoms with E-state index in [1.165, 1.54) is 8.99 Å². The van der Waals surface area contributed by atoms with Gasteiger partial charge in [-0.05, 0) is 54.3 Å². The van der Waals surface area contributed by atoms with E-state index in [2.05, 4.69) is 12.0 Å². The number of aromatic nitrogens is 2. The van der Waals surface area contributed by atoms with Gasteiger partial charge in [0.2, 0.25) is 15.8 Å². The van der Waals surface area contributed by atoms with Crippen LogP contribution < -0.4 is 20.9 Å². The number of anilines is 2. The lowest BCUT2D eigenvalue weighted by Crippen LogP contribution is -2.49. The summed E-state index contributed by atoms with van der Waals surface area (Å²) in [6.45, 7) is 3.90. The van der Waals surface area contributed by atoms with Gasteiger partial charge in [0.25, 0.3) is 0 Å². The summed E-state index contributed by atoms with van der Waals surface area (Å²) >= 11 is 6.17. The zero-order valence-corrected chi connectivity index (χ0v) is 25.5. The van der Waals surface area contributed by atoms with Crippen molar-refractivity contribution >= 4 is 33.0 Å². The van der Waals surface area contributed by atoms with Crippen molar-refractivity contribution < 1.29 is 13.2 Å².